The first-order valence-corrected chi connectivity index (χ1v) is 6.54. The maximum Gasteiger partial charge on any atom is 0.326 e. The van der Waals surface area contributed by atoms with Crippen LogP contribution in [0.1, 0.15) is 35.4 Å². The lowest BCUT2D eigenvalue weighted by Crippen LogP contribution is -2.48. The molecule has 1 aliphatic heterocycles. The molecule has 1 atom stereocenters. The number of aliphatic carboxylic acids is 1. The Hall–Kier alpha value is -1.56. The van der Waals surface area contributed by atoms with Gasteiger partial charge in [0.25, 0.3) is 5.91 Å². The van der Waals surface area contributed by atoms with E-state index in [0.29, 0.717) is 23.7 Å². The second-order valence-electron chi connectivity index (χ2n) is 4.72. The summed E-state index contributed by atoms with van der Waals surface area (Å²) in [6.07, 6.45) is 2.10. The molecular formula is C12H16ClN3O3. The van der Waals surface area contributed by atoms with Crippen molar-refractivity contribution in [2.24, 2.45) is 7.05 Å². The zero-order chi connectivity index (χ0) is 14.2. The van der Waals surface area contributed by atoms with Crippen LogP contribution in [0.2, 0.25) is 5.02 Å². The fourth-order valence-corrected chi connectivity index (χ4v) is 2.53. The van der Waals surface area contributed by atoms with Gasteiger partial charge in [-0.15, -0.1) is 0 Å². The lowest BCUT2D eigenvalue weighted by atomic mass is 10.0. The molecule has 19 heavy (non-hydrogen) atoms. The van der Waals surface area contributed by atoms with E-state index in [-0.39, 0.29) is 5.69 Å². The highest BCUT2D eigenvalue weighted by Gasteiger charge is 2.34. The molecule has 1 aromatic rings. The molecule has 104 valence electrons. The molecule has 0 spiro atoms. The largest absolute Gasteiger partial charge is 0.480 e. The van der Waals surface area contributed by atoms with Gasteiger partial charge in [-0.05, 0) is 26.2 Å². The van der Waals surface area contributed by atoms with Crippen LogP contribution in [0.5, 0.6) is 0 Å². The summed E-state index contributed by atoms with van der Waals surface area (Å²) in [5.41, 5.74) is 0.823. The van der Waals surface area contributed by atoms with E-state index < -0.39 is 17.9 Å². The number of carbonyl (C=O) groups excluding carboxylic acids is 1. The fourth-order valence-electron chi connectivity index (χ4n) is 2.29. The molecule has 1 amide bonds. The second-order valence-corrected chi connectivity index (χ2v) is 5.10. The first-order chi connectivity index (χ1) is 8.93. The van der Waals surface area contributed by atoms with Crippen LogP contribution < -0.4 is 0 Å². The van der Waals surface area contributed by atoms with Gasteiger partial charge in [0, 0.05) is 13.6 Å². The summed E-state index contributed by atoms with van der Waals surface area (Å²) in [7, 11) is 1.70. The number of halogens is 1. The van der Waals surface area contributed by atoms with Gasteiger partial charge in [-0.1, -0.05) is 11.6 Å². The number of carbonyl (C=O) groups is 2. The number of piperidine rings is 1. The molecule has 1 N–H and O–H groups in total. The van der Waals surface area contributed by atoms with Crippen molar-refractivity contribution in [3.8, 4) is 0 Å². The summed E-state index contributed by atoms with van der Waals surface area (Å²) >= 11 is 6.08. The van der Waals surface area contributed by atoms with E-state index in [9.17, 15) is 14.7 Å². The normalized spacial score (nSPS) is 19.5. The summed E-state index contributed by atoms with van der Waals surface area (Å²) in [5.74, 6) is -1.38. The number of hydrogen-bond donors (Lipinski definition) is 1. The zero-order valence-electron chi connectivity index (χ0n) is 10.9. The van der Waals surface area contributed by atoms with E-state index in [2.05, 4.69) is 5.10 Å². The van der Waals surface area contributed by atoms with E-state index in [1.54, 1.807) is 14.0 Å². The Balaban J connectivity index is 2.31. The van der Waals surface area contributed by atoms with Crippen molar-refractivity contribution >= 4 is 23.5 Å². The number of amides is 1. The van der Waals surface area contributed by atoms with E-state index in [1.165, 1.54) is 9.58 Å². The van der Waals surface area contributed by atoms with Gasteiger partial charge in [0.15, 0.2) is 5.69 Å². The number of rotatable bonds is 2. The van der Waals surface area contributed by atoms with E-state index in [0.717, 1.165) is 12.8 Å². The maximum absolute atomic E-state index is 12.4. The summed E-state index contributed by atoms with van der Waals surface area (Å²) in [6, 6.07) is -0.778. The molecule has 1 aliphatic rings. The van der Waals surface area contributed by atoms with Gasteiger partial charge in [-0.25, -0.2) is 4.79 Å². The molecule has 2 rings (SSSR count). The van der Waals surface area contributed by atoms with Crippen molar-refractivity contribution in [1.82, 2.24) is 14.7 Å². The summed E-state index contributed by atoms with van der Waals surface area (Å²) < 4.78 is 1.52. The summed E-state index contributed by atoms with van der Waals surface area (Å²) in [6.45, 7) is 2.19. The molecule has 0 unspecified atom stereocenters. The number of hydrogen-bond acceptors (Lipinski definition) is 3. The van der Waals surface area contributed by atoms with Crippen molar-refractivity contribution < 1.29 is 14.7 Å². The van der Waals surface area contributed by atoms with Gasteiger partial charge in [0.05, 0.1) is 10.7 Å². The van der Waals surface area contributed by atoms with Crippen molar-refractivity contribution in [3.05, 3.63) is 16.4 Å². The highest BCUT2D eigenvalue weighted by atomic mass is 35.5. The molecule has 0 bridgehead atoms. The number of aryl methyl sites for hydroxylation is 1. The standard InChI is InChI=1S/C12H16ClN3O3/c1-7-9(13)10(14-15(7)2)11(17)16-6-4-3-5-8(16)12(18)19/h8H,3-6H2,1-2H3,(H,18,19)/t8-/m1/s1. The first kappa shape index (κ1) is 13.9. The minimum Gasteiger partial charge on any atom is -0.480 e. The average molecular weight is 286 g/mol. The van der Waals surface area contributed by atoms with E-state index in [1.807, 2.05) is 0 Å². The second kappa shape index (κ2) is 5.21. The molecule has 1 saturated heterocycles. The summed E-state index contributed by atoms with van der Waals surface area (Å²) in [5, 5.41) is 13.6. The molecule has 1 aromatic heterocycles. The highest BCUT2D eigenvalue weighted by molar-refractivity contribution is 6.34. The van der Waals surface area contributed by atoms with Crippen LogP contribution in [-0.2, 0) is 11.8 Å². The van der Waals surface area contributed by atoms with Crippen LogP contribution in [0.3, 0.4) is 0 Å². The van der Waals surface area contributed by atoms with Crippen LogP contribution in [-0.4, -0.2) is 44.3 Å². The molecule has 7 heteroatoms. The average Bonchev–Trinajstić information content (AvgIpc) is 2.65. The molecule has 0 aliphatic carbocycles. The third kappa shape index (κ3) is 2.45. The number of nitrogens with zero attached hydrogens (tertiary/aromatic N) is 3. The topological polar surface area (TPSA) is 75.4 Å². The number of aromatic nitrogens is 2. The third-order valence-corrected chi connectivity index (χ3v) is 3.96. The van der Waals surface area contributed by atoms with Crippen LogP contribution in [0, 0.1) is 6.92 Å². The monoisotopic (exact) mass is 285 g/mol. The smallest absolute Gasteiger partial charge is 0.326 e. The number of carboxylic acid groups (broad SMARTS) is 1. The third-order valence-electron chi connectivity index (χ3n) is 3.51. The molecular weight excluding hydrogens is 270 g/mol. The Bertz CT molecular complexity index is 527. The molecule has 1 fully saturated rings. The Morgan fingerprint density at radius 1 is 1.42 bits per heavy atom. The van der Waals surface area contributed by atoms with Crippen LogP contribution in [0.15, 0.2) is 0 Å². The Kier molecular flexibility index (Phi) is 3.80. The Labute approximate surface area is 115 Å². The van der Waals surface area contributed by atoms with Crippen molar-refractivity contribution in [2.75, 3.05) is 6.54 Å². The predicted molar refractivity (Wildman–Crippen MR) is 69.3 cm³/mol. The van der Waals surface area contributed by atoms with Gasteiger partial charge in [0.1, 0.15) is 6.04 Å². The van der Waals surface area contributed by atoms with Gasteiger partial charge in [0.2, 0.25) is 0 Å². The van der Waals surface area contributed by atoms with Gasteiger partial charge in [-0.2, -0.15) is 5.10 Å². The molecule has 0 saturated carbocycles. The highest BCUT2D eigenvalue weighted by Crippen LogP contribution is 2.24. The minimum atomic E-state index is -0.975. The number of likely N-dealkylation sites (tertiary alicyclic amines) is 1. The van der Waals surface area contributed by atoms with Gasteiger partial charge >= 0.3 is 5.97 Å². The van der Waals surface area contributed by atoms with E-state index >= 15 is 0 Å². The molecule has 6 nitrogen and oxygen atoms in total. The van der Waals surface area contributed by atoms with Crippen molar-refractivity contribution in [3.63, 3.8) is 0 Å². The SMILES string of the molecule is Cc1c(Cl)c(C(=O)N2CCCC[C@@H]2C(=O)O)nn1C. The van der Waals surface area contributed by atoms with Crippen LogP contribution >= 0.6 is 11.6 Å². The Morgan fingerprint density at radius 2 is 2.11 bits per heavy atom. The molecule has 2 heterocycles. The lowest BCUT2D eigenvalue weighted by molar-refractivity contribution is -0.143. The van der Waals surface area contributed by atoms with Crippen molar-refractivity contribution in [2.45, 2.75) is 32.2 Å². The number of carboxylic acids is 1. The van der Waals surface area contributed by atoms with Crippen LogP contribution in [0.4, 0.5) is 0 Å². The Morgan fingerprint density at radius 3 is 2.63 bits per heavy atom. The van der Waals surface area contributed by atoms with Gasteiger partial charge < -0.3 is 10.0 Å². The zero-order valence-corrected chi connectivity index (χ0v) is 11.6. The minimum absolute atomic E-state index is 0.134. The lowest BCUT2D eigenvalue weighted by Gasteiger charge is -2.32. The maximum atomic E-state index is 12.4. The molecule has 0 aromatic carbocycles. The fraction of sp³-hybridized carbons (Fsp3) is 0.583. The summed E-state index contributed by atoms with van der Waals surface area (Å²) in [4.78, 5) is 25.0. The first-order valence-electron chi connectivity index (χ1n) is 6.16. The quantitative estimate of drug-likeness (QED) is 0.892. The van der Waals surface area contributed by atoms with Gasteiger partial charge in [-0.3, -0.25) is 9.48 Å². The van der Waals surface area contributed by atoms with Crippen LogP contribution in [0.25, 0.3) is 0 Å². The van der Waals surface area contributed by atoms with Crippen molar-refractivity contribution in [1.29, 1.82) is 0 Å². The predicted octanol–water partition coefficient (Wildman–Crippen LogP) is 1.46. The van der Waals surface area contributed by atoms with E-state index in [4.69, 9.17) is 11.6 Å². The molecule has 0 radical (unpaired) electrons.